The zero-order valence-corrected chi connectivity index (χ0v) is 8.90. The van der Waals surface area contributed by atoms with Crippen molar-refractivity contribution in [2.75, 3.05) is 0 Å². The van der Waals surface area contributed by atoms with Gasteiger partial charge in [-0.25, -0.2) is 0 Å². The predicted octanol–water partition coefficient (Wildman–Crippen LogP) is 2.06. The van der Waals surface area contributed by atoms with E-state index in [9.17, 15) is 15.2 Å². The first kappa shape index (κ1) is 9.78. The van der Waals surface area contributed by atoms with Crippen LogP contribution in [0.2, 0.25) is 0 Å². The van der Waals surface area contributed by atoms with Crippen molar-refractivity contribution in [3.8, 4) is 0 Å². The molecule has 0 bridgehead atoms. The maximum atomic E-state index is 11.2. The summed E-state index contributed by atoms with van der Waals surface area (Å²) in [5.74, 6) is 0. The zero-order valence-electron chi connectivity index (χ0n) is 8.90. The first-order chi connectivity index (χ1) is 7.68. The fourth-order valence-electron chi connectivity index (χ4n) is 3.01. The average Bonchev–Trinajstić information content (AvgIpc) is 2.82. The molecule has 2 aliphatic rings. The zero-order chi connectivity index (χ0) is 11.3. The third-order valence-corrected chi connectivity index (χ3v) is 3.72. The smallest absolute Gasteiger partial charge is 0.276 e. The van der Waals surface area contributed by atoms with Crippen LogP contribution in [-0.2, 0) is 19.3 Å². The monoisotopic (exact) mass is 219 g/mol. The predicted molar refractivity (Wildman–Crippen MR) is 58.4 cm³/mol. The van der Waals surface area contributed by atoms with Crippen LogP contribution in [0.25, 0.3) is 0 Å². The second-order valence-electron chi connectivity index (χ2n) is 4.60. The molecule has 0 radical (unpaired) electrons. The van der Waals surface area contributed by atoms with Gasteiger partial charge in [-0.2, -0.15) is 0 Å². The van der Waals surface area contributed by atoms with E-state index < -0.39 is 6.10 Å². The third-order valence-electron chi connectivity index (χ3n) is 3.72. The van der Waals surface area contributed by atoms with Crippen LogP contribution < -0.4 is 0 Å². The third kappa shape index (κ3) is 1.19. The molecule has 16 heavy (non-hydrogen) atoms. The lowest BCUT2D eigenvalue weighted by Crippen LogP contribution is -2.01. The van der Waals surface area contributed by atoms with Gasteiger partial charge in [-0.1, -0.05) is 6.07 Å². The summed E-state index contributed by atoms with van der Waals surface area (Å²) in [5.41, 5.74) is 3.86. The second-order valence-corrected chi connectivity index (χ2v) is 4.60. The quantitative estimate of drug-likeness (QED) is 0.580. The van der Waals surface area contributed by atoms with E-state index >= 15 is 0 Å². The van der Waals surface area contributed by atoms with Crippen LogP contribution >= 0.6 is 0 Å². The summed E-state index contributed by atoms with van der Waals surface area (Å²) in [5, 5.41) is 20.9. The lowest BCUT2D eigenvalue weighted by atomic mass is 9.98. The van der Waals surface area contributed by atoms with E-state index in [1.807, 2.05) is 6.07 Å². The van der Waals surface area contributed by atoms with Crippen LogP contribution in [0, 0.1) is 10.1 Å². The van der Waals surface area contributed by atoms with Crippen molar-refractivity contribution in [1.82, 2.24) is 0 Å². The minimum absolute atomic E-state index is 0.263. The number of hydrogen-bond acceptors (Lipinski definition) is 3. The van der Waals surface area contributed by atoms with Gasteiger partial charge in [0.2, 0.25) is 0 Å². The molecular weight excluding hydrogens is 206 g/mol. The molecule has 0 spiro atoms. The highest BCUT2D eigenvalue weighted by atomic mass is 16.6. The van der Waals surface area contributed by atoms with Crippen molar-refractivity contribution >= 4 is 5.69 Å². The number of aliphatic hydroxyl groups excluding tert-OH is 1. The fraction of sp³-hybridized carbons (Fsp3) is 0.500. The number of benzene rings is 1. The Labute approximate surface area is 93.1 Å². The summed E-state index contributed by atoms with van der Waals surface area (Å²) in [7, 11) is 0. The van der Waals surface area contributed by atoms with Crippen molar-refractivity contribution in [2.45, 2.75) is 38.2 Å². The molecule has 1 aromatic rings. The maximum Gasteiger partial charge on any atom is 0.276 e. The van der Waals surface area contributed by atoms with Crippen molar-refractivity contribution in [2.24, 2.45) is 0 Å². The molecular formula is C12H13NO3. The Balaban J connectivity index is 2.29. The molecule has 3 rings (SSSR count). The van der Waals surface area contributed by atoms with Crippen molar-refractivity contribution in [3.63, 3.8) is 0 Å². The summed E-state index contributed by atoms with van der Waals surface area (Å²) < 4.78 is 0. The molecule has 1 atom stereocenters. The van der Waals surface area contributed by atoms with E-state index in [-0.39, 0.29) is 4.92 Å². The summed E-state index contributed by atoms with van der Waals surface area (Å²) in [6, 6.07) is 1.99. The van der Waals surface area contributed by atoms with Crippen molar-refractivity contribution < 1.29 is 10.0 Å². The second kappa shape index (κ2) is 3.28. The van der Waals surface area contributed by atoms with Crippen LogP contribution in [0.3, 0.4) is 0 Å². The molecule has 84 valence electrons. The average molecular weight is 219 g/mol. The van der Waals surface area contributed by atoms with Crippen LogP contribution in [0.4, 0.5) is 5.69 Å². The van der Waals surface area contributed by atoms with Crippen LogP contribution in [-0.4, -0.2) is 10.0 Å². The van der Waals surface area contributed by atoms with Gasteiger partial charge in [0.1, 0.15) is 0 Å². The van der Waals surface area contributed by atoms with Gasteiger partial charge in [0, 0.05) is 11.1 Å². The molecule has 0 saturated carbocycles. The lowest BCUT2D eigenvalue weighted by molar-refractivity contribution is -0.386. The SMILES string of the molecule is O=[N+]([O-])c1c2c(cc3c1CC[C@@H]3O)CCC2. The number of fused-ring (bicyclic) bond motifs is 2. The highest BCUT2D eigenvalue weighted by Gasteiger charge is 2.33. The fourth-order valence-corrected chi connectivity index (χ4v) is 3.01. The molecule has 1 aromatic carbocycles. The highest BCUT2D eigenvalue weighted by Crippen LogP contribution is 2.43. The van der Waals surface area contributed by atoms with Crippen LogP contribution in [0.5, 0.6) is 0 Å². The van der Waals surface area contributed by atoms with Crippen molar-refractivity contribution in [1.29, 1.82) is 0 Å². The minimum atomic E-state index is -0.500. The number of rotatable bonds is 1. The topological polar surface area (TPSA) is 63.4 Å². The van der Waals surface area contributed by atoms with Gasteiger partial charge in [-0.05, 0) is 43.2 Å². The van der Waals surface area contributed by atoms with Gasteiger partial charge >= 0.3 is 0 Å². The van der Waals surface area contributed by atoms with Gasteiger partial charge in [0.25, 0.3) is 5.69 Å². The van der Waals surface area contributed by atoms with Gasteiger partial charge in [0.05, 0.1) is 11.0 Å². The number of aliphatic hydroxyl groups is 1. The van der Waals surface area contributed by atoms with E-state index in [4.69, 9.17) is 0 Å². The first-order valence-corrected chi connectivity index (χ1v) is 5.68. The van der Waals surface area contributed by atoms with Crippen molar-refractivity contribution in [3.05, 3.63) is 38.4 Å². The molecule has 0 saturated heterocycles. The van der Waals surface area contributed by atoms with E-state index in [1.165, 1.54) is 0 Å². The number of nitrogens with zero attached hydrogens (tertiary/aromatic N) is 1. The number of nitro groups is 1. The minimum Gasteiger partial charge on any atom is -0.388 e. The molecule has 0 fully saturated rings. The molecule has 1 N–H and O–H groups in total. The Kier molecular flexibility index (Phi) is 2.01. The largest absolute Gasteiger partial charge is 0.388 e. The maximum absolute atomic E-state index is 11.2. The lowest BCUT2D eigenvalue weighted by Gasteiger charge is -2.09. The van der Waals surface area contributed by atoms with Gasteiger partial charge in [-0.15, -0.1) is 0 Å². The van der Waals surface area contributed by atoms with Gasteiger partial charge in [-0.3, -0.25) is 10.1 Å². The normalized spacial score (nSPS) is 21.9. The summed E-state index contributed by atoms with van der Waals surface area (Å²) in [6.07, 6.45) is 3.49. The van der Waals surface area contributed by atoms with Gasteiger partial charge in [0.15, 0.2) is 0 Å². The molecule has 4 nitrogen and oxygen atoms in total. The van der Waals surface area contributed by atoms with E-state index in [2.05, 4.69) is 0 Å². The summed E-state index contributed by atoms with van der Waals surface area (Å²) in [4.78, 5) is 10.9. The standard InChI is InChI=1S/C12H13NO3/c14-11-5-4-9-10(11)6-7-2-1-3-8(7)12(9)13(15)16/h6,11,14H,1-5H2/t11-/m0/s1. The van der Waals surface area contributed by atoms with E-state index in [0.29, 0.717) is 18.5 Å². The van der Waals surface area contributed by atoms with Crippen LogP contribution in [0.1, 0.15) is 41.2 Å². The molecule has 0 heterocycles. The number of nitro benzene ring substituents is 1. The Bertz CT molecular complexity index is 482. The Morgan fingerprint density at radius 1 is 1.31 bits per heavy atom. The van der Waals surface area contributed by atoms with Gasteiger partial charge < -0.3 is 5.11 Å². The molecule has 0 unspecified atom stereocenters. The Hall–Kier alpha value is -1.42. The molecule has 0 aromatic heterocycles. The number of hydrogen-bond donors (Lipinski definition) is 1. The van der Waals surface area contributed by atoms with E-state index in [1.54, 1.807) is 0 Å². The Morgan fingerprint density at radius 2 is 2.12 bits per heavy atom. The summed E-state index contributed by atoms with van der Waals surface area (Å²) >= 11 is 0. The molecule has 2 aliphatic carbocycles. The van der Waals surface area contributed by atoms with E-state index in [0.717, 1.165) is 41.5 Å². The first-order valence-electron chi connectivity index (χ1n) is 5.68. The highest BCUT2D eigenvalue weighted by molar-refractivity contribution is 5.59. The molecule has 0 aliphatic heterocycles. The number of aryl methyl sites for hydroxylation is 1. The molecule has 0 amide bonds. The van der Waals surface area contributed by atoms with Crippen LogP contribution in [0.15, 0.2) is 6.07 Å². The Morgan fingerprint density at radius 3 is 2.88 bits per heavy atom. The molecule has 4 heteroatoms. The summed E-state index contributed by atoms with van der Waals surface area (Å²) in [6.45, 7) is 0.